The molecule has 0 N–H and O–H groups in total. The van der Waals surface area contributed by atoms with E-state index in [0.29, 0.717) is 5.91 Å². The molecule has 3 heteroatoms. The quantitative estimate of drug-likeness (QED) is 0.635. The molecule has 0 aromatic heterocycles. The van der Waals surface area contributed by atoms with Crippen molar-refractivity contribution in [1.82, 2.24) is 9.80 Å². The lowest BCUT2D eigenvalue weighted by Gasteiger charge is -2.34. The van der Waals surface area contributed by atoms with Gasteiger partial charge in [0.15, 0.2) is 0 Å². The summed E-state index contributed by atoms with van der Waals surface area (Å²) >= 11 is 0. The van der Waals surface area contributed by atoms with E-state index in [0.717, 1.165) is 26.1 Å². The van der Waals surface area contributed by atoms with Gasteiger partial charge in [-0.3, -0.25) is 9.69 Å². The molecule has 0 aromatic rings. The van der Waals surface area contributed by atoms with E-state index in [1.807, 2.05) is 18.7 Å². The summed E-state index contributed by atoms with van der Waals surface area (Å²) in [5.74, 6) is 0.362. The van der Waals surface area contributed by atoms with E-state index in [9.17, 15) is 4.79 Å². The first-order valence-electron chi connectivity index (χ1n) is 5.78. The molecular weight excluding hydrogens is 176 g/mol. The Hall–Kier alpha value is -0.570. The fraction of sp³-hybridized carbons (Fsp3) is 0.909. The number of likely N-dealkylation sites (tertiary alicyclic amines) is 2. The summed E-state index contributed by atoms with van der Waals surface area (Å²) in [5.41, 5.74) is 0. The van der Waals surface area contributed by atoms with Crippen LogP contribution in [0.2, 0.25) is 0 Å². The minimum Gasteiger partial charge on any atom is -0.341 e. The van der Waals surface area contributed by atoms with Crippen molar-refractivity contribution in [1.29, 1.82) is 0 Å². The van der Waals surface area contributed by atoms with Gasteiger partial charge in [0.2, 0.25) is 5.91 Å². The van der Waals surface area contributed by atoms with Crippen molar-refractivity contribution in [3.8, 4) is 0 Å². The molecule has 1 atom stereocenters. The standard InChI is InChI=1S/C9H16N2O.C2H6/c1-10-5-2-4-8(10)9(12)11-6-3-7-11;1-2/h8H,2-7H2,1H3;1-2H3. The molecule has 3 nitrogen and oxygen atoms in total. The topological polar surface area (TPSA) is 23.6 Å². The minimum absolute atomic E-state index is 0.199. The fourth-order valence-corrected chi connectivity index (χ4v) is 1.97. The zero-order chi connectivity index (χ0) is 10.6. The van der Waals surface area contributed by atoms with E-state index < -0.39 is 0 Å². The van der Waals surface area contributed by atoms with Crippen LogP contribution in [0.5, 0.6) is 0 Å². The van der Waals surface area contributed by atoms with E-state index in [1.165, 1.54) is 12.8 Å². The molecule has 2 rings (SSSR count). The lowest BCUT2D eigenvalue weighted by molar-refractivity contribution is -0.139. The van der Waals surface area contributed by atoms with Crippen LogP contribution in [0.15, 0.2) is 0 Å². The van der Waals surface area contributed by atoms with E-state index in [4.69, 9.17) is 0 Å². The Kier molecular flexibility index (Phi) is 4.39. The van der Waals surface area contributed by atoms with Crippen molar-refractivity contribution >= 4 is 5.91 Å². The van der Waals surface area contributed by atoms with Crippen LogP contribution in [-0.4, -0.2) is 48.4 Å². The molecule has 1 unspecified atom stereocenters. The van der Waals surface area contributed by atoms with E-state index in [-0.39, 0.29) is 6.04 Å². The number of carbonyl (C=O) groups is 1. The molecule has 0 saturated carbocycles. The minimum atomic E-state index is 0.199. The maximum absolute atomic E-state index is 11.7. The summed E-state index contributed by atoms with van der Waals surface area (Å²) in [6.45, 7) is 7.07. The SMILES string of the molecule is CC.CN1CCCC1C(=O)N1CCC1. The van der Waals surface area contributed by atoms with Crippen molar-refractivity contribution in [2.75, 3.05) is 26.7 Å². The molecule has 0 spiro atoms. The molecule has 2 heterocycles. The second-order valence-corrected chi connectivity index (χ2v) is 3.82. The molecule has 2 aliphatic heterocycles. The highest BCUT2D eigenvalue weighted by Crippen LogP contribution is 2.19. The highest BCUT2D eigenvalue weighted by molar-refractivity contribution is 5.82. The molecule has 2 aliphatic rings. The van der Waals surface area contributed by atoms with Crippen LogP contribution in [0, 0.1) is 0 Å². The zero-order valence-electron chi connectivity index (χ0n) is 9.62. The summed E-state index contributed by atoms with van der Waals surface area (Å²) in [7, 11) is 2.05. The molecule has 0 aromatic carbocycles. The van der Waals surface area contributed by atoms with Crippen LogP contribution in [0.25, 0.3) is 0 Å². The first-order valence-corrected chi connectivity index (χ1v) is 5.78. The van der Waals surface area contributed by atoms with E-state index in [2.05, 4.69) is 11.9 Å². The van der Waals surface area contributed by atoms with Crippen molar-refractivity contribution in [2.45, 2.75) is 39.2 Å². The second kappa shape index (κ2) is 5.35. The van der Waals surface area contributed by atoms with Crippen LogP contribution < -0.4 is 0 Å². The number of nitrogens with zero attached hydrogens (tertiary/aromatic N) is 2. The number of carbonyl (C=O) groups excluding carboxylic acids is 1. The van der Waals surface area contributed by atoms with Gasteiger partial charge in [-0.15, -0.1) is 0 Å². The summed E-state index contributed by atoms with van der Waals surface area (Å²) in [6.07, 6.45) is 3.44. The molecule has 82 valence electrons. The van der Waals surface area contributed by atoms with Crippen molar-refractivity contribution in [2.24, 2.45) is 0 Å². The third-order valence-electron chi connectivity index (χ3n) is 2.97. The van der Waals surface area contributed by atoms with Crippen molar-refractivity contribution < 1.29 is 4.79 Å². The van der Waals surface area contributed by atoms with Crippen LogP contribution in [-0.2, 0) is 4.79 Å². The molecule has 2 fully saturated rings. The average Bonchev–Trinajstić information content (AvgIpc) is 2.52. The van der Waals surface area contributed by atoms with Crippen molar-refractivity contribution in [3.05, 3.63) is 0 Å². The summed E-state index contributed by atoms with van der Waals surface area (Å²) < 4.78 is 0. The largest absolute Gasteiger partial charge is 0.341 e. The molecule has 0 aliphatic carbocycles. The number of likely N-dealkylation sites (N-methyl/N-ethyl adjacent to an activating group) is 1. The van der Waals surface area contributed by atoms with Gasteiger partial charge in [-0.05, 0) is 32.9 Å². The predicted molar refractivity (Wildman–Crippen MR) is 58.2 cm³/mol. The highest BCUT2D eigenvalue weighted by Gasteiger charge is 2.33. The first kappa shape index (κ1) is 11.5. The number of hydrogen-bond donors (Lipinski definition) is 0. The Morgan fingerprint density at radius 2 is 1.79 bits per heavy atom. The summed E-state index contributed by atoms with van der Waals surface area (Å²) in [4.78, 5) is 15.9. The van der Waals surface area contributed by atoms with Crippen molar-refractivity contribution in [3.63, 3.8) is 0 Å². The monoisotopic (exact) mass is 198 g/mol. The molecule has 14 heavy (non-hydrogen) atoms. The Labute approximate surface area is 87.1 Å². The van der Waals surface area contributed by atoms with Gasteiger partial charge in [0.05, 0.1) is 6.04 Å². The summed E-state index contributed by atoms with van der Waals surface area (Å²) in [5, 5.41) is 0. The Bertz CT molecular complexity index is 190. The maximum atomic E-state index is 11.7. The van der Waals surface area contributed by atoms with Gasteiger partial charge in [-0.2, -0.15) is 0 Å². The van der Waals surface area contributed by atoms with E-state index >= 15 is 0 Å². The van der Waals surface area contributed by atoms with Crippen LogP contribution in [0.3, 0.4) is 0 Å². The molecular formula is C11H22N2O. The average molecular weight is 198 g/mol. The van der Waals surface area contributed by atoms with Crippen LogP contribution in [0.4, 0.5) is 0 Å². The fourth-order valence-electron chi connectivity index (χ4n) is 1.97. The number of hydrogen-bond acceptors (Lipinski definition) is 2. The lowest BCUT2D eigenvalue weighted by Crippen LogP contribution is -2.50. The van der Waals surface area contributed by atoms with Gasteiger partial charge in [0.1, 0.15) is 0 Å². The van der Waals surface area contributed by atoms with E-state index in [1.54, 1.807) is 0 Å². The molecule has 1 amide bonds. The normalized spacial score (nSPS) is 26.5. The number of rotatable bonds is 1. The predicted octanol–water partition coefficient (Wildman–Crippen LogP) is 1.34. The third kappa shape index (κ3) is 2.27. The summed E-state index contributed by atoms with van der Waals surface area (Å²) in [6, 6.07) is 0.199. The van der Waals surface area contributed by atoms with Gasteiger partial charge in [0.25, 0.3) is 0 Å². The zero-order valence-corrected chi connectivity index (χ0v) is 9.62. The van der Waals surface area contributed by atoms with Crippen LogP contribution >= 0.6 is 0 Å². The maximum Gasteiger partial charge on any atom is 0.239 e. The molecule has 0 bridgehead atoms. The third-order valence-corrected chi connectivity index (χ3v) is 2.97. The number of amides is 1. The Morgan fingerprint density at radius 1 is 1.14 bits per heavy atom. The smallest absolute Gasteiger partial charge is 0.239 e. The van der Waals surface area contributed by atoms with Gasteiger partial charge in [-0.25, -0.2) is 0 Å². The highest BCUT2D eigenvalue weighted by atomic mass is 16.2. The molecule has 0 radical (unpaired) electrons. The van der Waals surface area contributed by atoms with Crippen LogP contribution in [0.1, 0.15) is 33.1 Å². The van der Waals surface area contributed by atoms with Gasteiger partial charge < -0.3 is 4.90 Å². The Balaban J connectivity index is 0.000000461. The van der Waals surface area contributed by atoms with Gasteiger partial charge in [-0.1, -0.05) is 13.8 Å². The molecule has 2 saturated heterocycles. The Morgan fingerprint density at radius 3 is 2.14 bits per heavy atom. The lowest BCUT2D eigenvalue weighted by atomic mass is 10.1. The van der Waals surface area contributed by atoms with Gasteiger partial charge in [0, 0.05) is 13.1 Å². The first-order chi connectivity index (χ1) is 6.79. The van der Waals surface area contributed by atoms with Gasteiger partial charge >= 0.3 is 0 Å². The second-order valence-electron chi connectivity index (χ2n) is 3.82.